The maximum absolute atomic E-state index is 13.1. The van der Waals surface area contributed by atoms with Crippen LogP contribution in [0.2, 0.25) is 0 Å². The van der Waals surface area contributed by atoms with Crippen molar-refractivity contribution in [2.45, 2.75) is 52.1 Å². The van der Waals surface area contributed by atoms with E-state index in [0.717, 1.165) is 18.4 Å². The fraction of sp³-hybridized carbons (Fsp3) is 0.500. The molecule has 34 heavy (non-hydrogen) atoms. The Hall–Kier alpha value is -3.14. The molecule has 1 N–H and O–H groups in total. The van der Waals surface area contributed by atoms with Crippen molar-refractivity contribution < 1.29 is 27.8 Å². The number of halogens is 2. The topological polar surface area (TPSA) is 93.7 Å². The minimum absolute atomic E-state index is 0.119. The fourth-order valence-corrected chi connectivity index (χ4v) is 4.35. The van der Waals surface area contributed by atoms with E-state index in [1.807, 2.05) is 6.92 Å². The number of hydrogen-bond donors (Lipinski definition) is 1. The van der Waals surface area contributed by atoms with Crippen LogP contribution in [0.4, 0.5) is 14.6 Å². The number of carbonyl (C=O) groups is 2. The van der Waals surface area contributed by atoms with Gasteiger partial charge in [-0.05, 0) is 50.3 Å². The summed E-state index contributed by atoms with van der Waals surface area (Å²) in [4.78, 5) is 35.9. The molecule has 1 fully saturated rings. The second-order valence-corrected chi connectivity index (χ2v) is 8.70. The van der Waals surface area contributed by atoms with Gasteiger partial charge in [-0.2, -0.15) is 0 Å². The Morgan fingerprint density at radius 2 is 2.09 bits per heavy atom. The Labute approximate surface area is 196 Å². The average Bonchev–Trinajstić information content (AvgIpc) is 3.15. The molecule has 8 nitrogen and oxygen atoms in total. The first kappa shape index (κ1) is 24.0. The van der Waals surface area contributed by atoms with E-state index in [4.69, 9.17) is 9.47 Å². The molecule has 10 heteroatoms. The lowest BCUT2D eigenvalue weighted by Crippen LogP contribution is -2.27. The second-order valence-electron chi connectivity index (χ2n) is 8.70. The molecule has 2 amide bonds. The van der Waals surface area contributed by atoms with Crippen LogP contribution in [0.5, 0.6) is 5.88 Å². The molecule has 0 aliphatic carbocycles. The normalized spacial score (nSPS) is 17.1. The van der Waals surface area contributed by atoms with Crippen molar-refractivity contribution in [1.29, 1.82) is 0 Å². The van der Waals surface area contributed by atoms with Gasteiger partial charge in [0, 0.05) is 48.7 Å². The van der Waals surface area contributed by atoms with E-state index in [9.17, 15) is 18.4 Å². The van der Waals surface area contributed by atoms with Crippen molar-refractivity contribution in [1.82, 2.24) is 14.9 Å². The zero-order valence-corrected chi connectivity index (χ0v) is 19.2. The lowest BCUT2D eigenvalue weighted by Gasteiger charge is -2.25. The number of anilines is 1. The van der Waals surface area contributed by atoms with Gasteiger partial charge in [0.05, 0.1) is 12.6 Å². The number of amides is 2. The molecule has 2 aliphatic heterocycles. The van der Waals surface area contributed by atoms with Gasteiger partial charge in [-0.25, -0.2) is 18.7 Å². The molecule has 0 spiro atoms. The molecule has 4 heterocycles. The van der Waals surface area contributed by atoms with E-state index in [-0.39, 0.29) is 29.7 Å². The number of carbonyl (C=O) groups excluding carboxylic acids is 2. The summed E-state index contributed by atoms with van der Waals surface area (Å²) in [5.41, 5.74) is 2.55. The molecule has 2 aromatic heterocycles. The Kier molecular flexibility index (Phi) is 7.35. The first-order chi connectivity index (χ1) is 16.3. The summed E-state index contributed by atoms with van der Waals surface area (Å²) in [5.74, 6) is 0.548. The Morgan fingerprint density at radius 3 is 2.79 bits per heavy atom. The van der Waals surface area contributed by atoms with Crippen molar-refractivity contribution >= 4 is 17.6 Å². The average molecular weight is 475 g/mol. The summed E-state index contributed by atoms with van der Waals surface area (Å²) in [6.07, 6.45) is 2.58. The molecular weight excluding hydrogens is 446 g/mol. The lowest BCUT2D eigenvalue weighted by atomic mass is 9.96. The molecule has 1 saturated heterocycles. The van der Waals surface area contributed by atoms with Gasteiger partial charge in [0.2, 0.25) is 11.8 Å². The molecule has 0 aromatic carbocycles. The third-order valence-corrected chi connectivity index (χ3v) is 6.30. The van der Waals surface area contributed by atoms with Crippen LogP contribution in [-0.4, -0.2) is 52.9 Å². The van der Waals surface area contributed by atoms with Gasteiger partial charge in [-0.1, -0.05) is 0 Å². The molecule has 0 bridgehead atoms. The van der Waals surface area contributed by atoms with Gasteiger partial charge in [0.15, 0.2) is 6.61 Å². The van der Waals surface area contributed by atoms with Gasteiger partial charge in [0.25, 0.3) is 12.3 Å². The predicted molar refractivity (Wildman–Crippen MR) is 120 cm³/mol. The van der Waals surface area contributed by atoms with Gasteiger partial charge in [0.1, 0.15) is 5.82 Å². The van der Waals surface area contributed by atoms with Gasteiger partial charge in [-0.3, -0.25) is 9.59 Å². The summed E-state index contributed by atoms with van der Waals surface area (Å²) in [6.45, 7) is 4.51. The molecule has 182 valence electrons. The highest BCUT2D eigenvalue weighted by molar-refractivity contribution is 6.01. The Bertz CT molecular complexity index is 1060. The highest BCUT2D eigenvalue weighted by Gasteiger charge is 2.34. The minimum atomic E-state index is -2.58. The molecule has 0 saturated carbocycles. The zero-order valence-electron chi connectivity index (χ0n) is 19.2. The van der Waals surface area contributed by atoms with Crippen LogP contribution in [0.1, 0.15) is 59.3 Å². The smallest absolute Gasteiger partial charge is 0.272 e. The van der Waals surface area contributed by atoms with Gasteiger partial charge < -0.3 is 19.7 Å². The van der Waals surface area contributed by atoms with Crippen LogP contribution in [0.3, 0.4) is 0 Å². The first-order valence-corrected chi connectivity index (χ1v) is 11.4. The SMILES string of the molecule is Cc1cc(C(C)N2Cc3c(ccnc3NC(=O)CC3CCOCC3)C2=O)cnc1OCC(F)F. The molecule has 0 radical (unpaired) electrons. The van der Waals surface area contributed by atoms with Crippen molar-refractivity contribution in [2.24, 2.45) is 5.92 Å². The predicted octanol–water partition coefficient (Wildman–Crippen LogP) is 3.90. The first-order valence-electron chi connectivity index (χ1n) is 11.4. The number of pyridine rings is 2. The highest BCUT2D eigenvalue weighted by Crippen LogP contribution is 2.35. The van der Waals surface area contributed by atoms with Crippen molar-refractivity contribution in [3.63, 3.8) is 0 Å². The van der Waals surface area contributed by atoms with E-state index >= 15 is 0 Å². The number of nitrogens with zero attached hydrogens (tertiary/aromatic N) is 3. The number of aryl methyl sites for hydroxylation is 1. The quantitative estimate of drug-likeness (QED) is 0.624. The van der Waals surface area contributed by atoms with Crippen LogP contribution in [0, 0.1) is 12.8 Å². The van der Waals surface area contributed by atoms with E-state index in [0.29, 0.717) is 48.7 Å². The van der Waals surface area contributed by atoms with Crippen molar-refractivity contribution in [3.05, 3.63) is 46.8 Å². The summed E-state index contributed by atoms with van der Waals surface area (Å²) >= 11 is 0. The summed E-state index contributed by atoms with van der Waals surface area (Å²) < 4.78 is 35.3. The lowest BCUT2D eigenvalue weighted by molar-refractivity contribution is -0.117. The summed E-state index contributed by atoms with van der Waals surface area (Å²) in [5, 5.41) is 2.89. The third-order valence-electron chi connectivity index (χ3n) is 6.30. The number of alkyl halides is 2. The van der Waals surface area contributed by atoms with Crippen molar-refractivity contribution in [2.75, 3.05) is 25.1 Å². The van der Waals surface area contributed by atoms with E-state index < -0.39 is 13.0 Å². The number of ether oxygens (including phenoxy) is 2. The zero-order chi connectivity index (χ0) is 24.2. The minimum Gasteiger partial charge on any atom is -0.471 e. The van der Waals surface area contributed by atoms with E-state index in [2.05, 4.69) is 15.3 Å². The molecular formula is C24H28F2N4O4. The van der Waals surface area contributed by atoms with Crippen LogP contribution in [0.25, 0.3) is 0 Å². The van der Waals surface area contributed by atoms with Crippen molar-refractivity contribution in [3.8, 4) is 5.88 Å². The standard InChI is InChI=1S/C24H28F2N4O4/c1-14-9-17(11-28-23(14)34-13-20(25)26)15(2)30-12-19-18(24(30)32)3-6-27-22(19)29-21(31)10-16-4-7-33-8-5-16/h3,6,9,11,15-16,20H,4-5,7-8,10,12-13H2,1-2H3,(H,27,29,31). The van der Waals surface area contributed by atoms with Crippen LogP contribution >= 0.6 is 0 Å². The van der Waals surface area contributed by atoms with E-state index in [1.54, 1.807) is 24.0 Å². The van der Waals surface area contributed by atoms with Crippen LogP contribution in [0.15, 0.2) is 24.5 Å². The summed E-state index contributed by atoms with van der Waals surface area (Å²) in [6, 6.07) is 3.10. The Balaban J connectivity index is 1.45. The summed E-state index contributed by atoms with van der Waals surface area (Å²) in [7, 11) is 0. The monoisotopic (exact) mass is 474 g/mol. The molecule has 4 rings (SSSR count). The van der Waals surface area contributed by atoms with Gasteiger partial charge >= 0.3 is 0 Å². The highest BCUT2D eigenvalue weighted by atomic mass is 19.3. The van der Waals surface area contributed by atoms with E-state index in [1.165, 1.54) is 12.4 Å². The maximum atomic E-state index is 13.1. The fourth-order valence-electron chi connectivity index (χ4n) is 4.35. The van der Waals surface area contributed by atoms with Gasteiger partial charge in [-0.15, -0.1) is 0 Å². The number of hydrogen-bond acceptors (Lipinski definition) is 6. The Morgan fingerprint density at radius 1 is 1.32 bits per heavy atom. The number of rotatable bonds is 8. The van der Waals surface area contributed by atoms with Crippen LogP contribution in [-0.2, 0) is 16.1 Å². The molecule has 2 aromatic rings. The molecule has 2 aliphatic rings. The second kappa shape index (κ2) is 10.4. The maximum Gasteiger partial charge on any atom is 0.272 e. The number of nitrogens with one attached hydrogen (secondary N) is 1. The van der Waals surface area contributed by atoms with Crippen LogP contribution < -0.4 is 10.1 Å². The third kappa shape index (κ3) is 5.32. The number of aromatic nitrogens is 2. The molecule has 1 atom stereocenters. The largest absolute Gasteiger partial charge is 0.471 e. The number of fused-ring (bicyclic) bond motifs is 1. The molecule has 1 unspecified atom stereocenters.